The second kappa shape index (κ2) is 9.45. The first-order chi connectivity index (χ1) is 11.6. The summed E-state index contributed by atoms with van der Waals surface area (Å²) in [6.45, 7) is 0. The van der Waals surface area contributed by atoms with Gasteiger partial charge in [-0.2, -0.15) is 0 Å². The van der Waals surface area contributed by atoms with E-state index < -0.39 is 26.0 Å². The number of aryl methyl sites for hydroxylation is 1. The van der Waals surface area contributed by atoms with Gasteiger partial charge in [0, 0.05) is 10.6 Å². The molecule has 0 saturated heterocycles. The van der Waals surface area contributed by atoms with Crippen LogP contribution in [0.1, 0.15) is 12.0 Å². The van der Waals surface area contributed by atoms with Gasteiger partial charge in [0.15, 0.2) is 5.66 Å². The summed E-state index contributed by atoms with van der Waals surface area (Å²) >= 11 is 1.34. The molecule has 3 atom stereocenters. The maximum absolute atomic E-state index is 11.6. The number of rotatable bonds is 9. The van der Waals surface area contributed by atoms with Gasteiger partial charge < -0.3 is 10.2 Å². The van der Waals surface area contributed by atoms with E-state index in [1.54, 1.807) is 24.3 Å². The Hall–Kier alpha value is -1.84. The number of phenols is 1. The van der Waals surface area contributed by atoms with Gasteiger partial charge in [-0.05, 0) is 30.5 Å². The highest BCUT2D eigenvalue weighted by Gasteiger charge is 2.34. The van der Waals surface area contributed by atoms with Crippen molar-refractivity contribution in [2.24, 2.45) is 5.92 Å². The Morgan fingerprint density at radius 1 is 1.08 bits per heavy atom. The van der Waals surface area contributed by atoms with Crippen molar-refractivity contribution in [3.05, 3.63) is 60.2 Å². The summed E-state index contributed by atoms with van der Waals surface area (Å²) in [7, 11) is -0.695. The van der Waals surface area contributed by atoms with E-state index in [0.29, 0.717) is 23.5 Å². The first kappa shape index (κ1) is 18.5. The highest BCUT2D eigenvalue weighted by atomic mass is 32.2. The molecule has 0 aliphatic carbocycles. The first-order valence-corrected chi connectivity index (χ1v) is 9.64. The van der Waals surface area contributed by atoms with Crippen LogP contribution in [0.5, 0.6) is 5.75 Å². The van der Waals surface area contributed by atoms with Gasteiger partial charge in [-0.3, -0.25) is 4.79 Å². The molecule has 126 valence electrons. The average molecular weight is 363 g/mol. The molecule has 0 aliphatic heterocycles. The fourth-order valence-corrected chi connectivity index (χ4v) is 4.43. The molecule has 0 amide bonds. The number of benzene rings is 2. The Kier molecular flexibility index (Phi) is 7.29. The van der Waals surface area contributed by atoms with Gasteiger partial charge in [-0.1, -0.05) is 47.0 Å². The van der Waals surface area contributed by atoms with Crippen molar-refractivity contribution in [1.29, 1.82) is 0 Å². The largest absolute Gasteiger partial charge is 0.507 e. The van der Waals surface area contributed by atoms with Crippen molar-refractivity contribution in [2.75, 3.05) is 5.75 Å². The predicted molar refractivity (Wildman–Crippen MR) is 97.5 cm³/mol. The summed E-state index contributed by atoms with van der Waals surface area (Å²) in [5.74, 6) is -1.03. The van der Waals surface area contributed by atoms with Gasteiger partial charge in [0.1, 0.15) is 11.7 Å². The van der Waals surface area contributed by atoms with Crippen molar-refractivity contribution in [3.63, 3.8) is 0 Å². The average Bonchev–Trinajstić information content (AvgIpc) is 2.59. The summed E-state index contributed by atoms with van der Waals surface area (Å²) in [5, 5.41) is 19.3. The molecule has 24 heavy (non-hydrogen) atoms. The quantitative estimate of drug-likeness (QED) is 0.516. The summed E-state index contributed by atoms with van der Waals surface area (Å²) in [6, 6.07) is 16.6. The molecule has 0 radical (unpaired) electrons. The molecule has 0 bridgehead atoms. The van der Waals surface area contributed by atoms with E-state index in [9.17, 15) is 19.6 Å². The maximum Gasteiger partial charge on any atom is 0.329 e. The molecule has 2 aromatic carbocycles. The number of para-hydroxylation sites is 1. The minimum Gasteiger partial charge on any atom is -0.507 e. The van der Waals surface area contributed by atoms with Crippen LogP contribution in [-0.2, 0) is 15.8 Å². The Labute approximate surface area is 147 Å². The lowest BCUT2D eigenvalue weighted by Gasteiger charge is -2.14. The molecule has 3 unspecified atom stereocenters. The van der Waals surface area contributed by atoms with Gasteiger partial charge in [-0.15, -0.1) is 11.8 Å². The Morgan fingerprint density at radius 3 is 2.38 bits per heavy atom. The lowest BCUT2D eigenvalue weighted by Crippen LogP contribution is -2.26. The molecule has 0 heterocycles. The van der Waals surface area contributed by atoms with E-state index in [1.807, 2.05) is 30.3 Å². The Balaban J connectivity index is 1.99. The number of hydrogen-bond acceptors (Lipinski definition) is 4. The van der Waals surface area contributed by atoms with Crippen LogP contribution in [0.15, 0.2) is 59.5 Å². The van der Waals surface area contributed by atoms with E-state index in [2.05, 4.69) is 0 Å². The molecule has 0 fully saturated rings. The molecule has 0 spiro atoms. The van der Waals surface area contributed by atoms with Crippen LogP contribution >= 0.6 is 20.2 Å². The molecular formula is C18H20O4PS+. The monoisotopic (exact) mass is 363 g/mol. The van der Waals surface area contributed by atoms with E-state index in [-0.39, 0.29) is 5.75 Å². The van der Waals surface area contributed by atoms with Crippen molar-refractivity contribution in [3.8, 4) is 5.75 Å². The second-order valence-electron chi connectivity index (χ2n) is 5.47. The van der Waals surface area contributed by atoms with Gasteiger partial charge in [0.05, 0.1) is 0 Å². The van der Waals surface area contributed by atoms with Gasteiger partial charge in [0.2, 0.25) is 0 Å². The molecule has 0 saturated carbocycles. The van der Waals surface area contributed by atoms with Crippen LogP contribution < -0.4 is 0 Å². The fraction of sp³-hybridized carbons (Fsp3) is 0.278. The van der Waals surface area contributed by atoms with E-state index in [0.717, 1.165) is 5.56 Å². The standard InChI is InChI=1S/C18H19O4PS/c19-15-8-4-5-9-17(15)24-12-16(23-22)14(18(20)21)11-10-13-6-2-1-3-7-13/h1-9,14,16,19H,10-12H2,(H,20,21)/p+1. The van der Waals surface area contributed by atoms with Crippen molar-refractivity contribution >= 4 is 26.2 Å². The molecule has 2 rings (SSSR count). The van der Waals surface area contributed by atoms with Gasteiger partial charge in [-0.25, -0.2) is 0 Å². The zero-order valence-corrected chi connectivity index (χ0v) is 14.9. The SMILES string of the molecule is O=[PH+]C(CSc1ccccc1O)C(CCc1ccccc1)C(=O)O. The number of carboxylic acid groups (broad SMARTS) is 1. The third kappa shape index (κ3) is 5.36. The van der Waals surface area contributed by atoms with Gasteiger partial charge in [0.25, 0.3) is 0 Å². The summed E-state index contributed by atoms with van der Waals surface area (Å²) in [6.07, 6.45) is 1.08. The van der Waals surface area contributed by atoms with E-state index in [4.69, 9.17) is 0 Å². The number of thioether (sulfide) groups is 1. The summed E-state index contributed by atoms with van der Waals surface area (Å²) in [5.41, 5.74) is 0.626. The molecular weight excluding hydrogens is 343 g/mol. The van der Waals surface area contributed by atoms with Crippen LogP contribution in [0, 0.1) is 5.92 Å². The van der Waals surface area contributed by atoms with Crippen LogP contribution in [0.2, 0.25) is 0 Å². The molecule has 0 aliphatic rings. The van der Waals surface area contributed by atoms with Crippen molar-refractivity contribution in [1.82, 2.24) is 0 Å². The van der Waals surface area contributed by atoms with Crippen molar-refractivity contribution < 1.29 is 19.6 Å². The number of hydrogen-bond donors (Lipinski definition) is 2. The number of carbonyl (C=O) groups is 1. The van der Waals surface area contributed by atoms with Crippen LogP contribution in [-0.4, -0.2) is 27.6 Å². The topological polar surface area (TPSA) is 74.6 Å². The highest BCUT2D eigenvalue weighted by molar-refractivity contribution is 7.99. The highest BCUT2D eigenvalue weighted by Crippen LogP contribution is 2.33. The predicted octanol–water partition coefficient (Wildman–Crippen LogP) is 4.21. The van der Waals surface area contributed by atoms with E-state index in [1.165, 1.54) is 11.8 Å². The number of aromatic hydroxyl groups is 1. The number of aliphatic carboxylic acids is 1. The fourth-order valence-electron chi connectivity index (χ4n) is 2.45. The van der Waals surface area contributed by atoms with E-state index >= 15 is 0 Å². The second-order valence-corrected chi connectivity index (χ2v) is 7.51. The van der Waals surface area contributed by atoms with Crippen LogP contribution in [0.25, 0.3) is 0 Å². The molecule has 0 aromatic heterocycles. The lowest BCUT2D eigenvalue weighted by molar-refractivity contribution is -0.141. The minimum absolute atomic E-state index is 0.159. The zero-order chi connectivity index (χ0) is 17.4. The zero-order valence-electron chi connectivity index (χ0n) is 13.1. The molecule has 4 nitrogen and oxygen atoms in total. The van der Waals surface area contributed by atoms with Gasteiger partial charge >= 0.3 is 14.4 Å². The summed E-state index contributed by atoms with van der Waals surface area (Å²) < 4.78 is 11.6. The minimum atomic E-state index is -0.919. The Morgan fingerprint density at radius 2 is 1.75 bits per heavy atom. The van der Waals surface area contributed by atoms with Crippen molar-refractivity contribution in [2.45, 2.75) is 23.4 Å². The number of carboxylic acids is 1. The molecule has 2 aromatic rings. The number of phenolic OH excluding ortho intramolecular Hbond substituents is 1. The third-order valence-corrected chi connectivity index (χ3v) is 6.21. The first-order valence-electron chi connectivity index (χ1n) is 7.67. The summed E-state index contributed by atoms with van der Waals surface area (Å²) in [4.78, 5) is 12.3. The lowest BCUT2D eigenvalue weighted by atomic mass is 9.97. The van der Waals surface area contributed by atoms with Crippen LogP contribution in [0.4, 0.5) is 0 Å². The molecule has 2 N–H and O–H groups in total. The van der Waals surface area contributed by atoms with Crippen LogP contribution in [0.3, 0.4) is 0 Å². The third-order valence-electron chi connectivity index (χ3n) is 3.82. The normalized spacial score (nSPS) is 13.5. The molecule has 6 heteroatoms. The smallest absolute Gasteiger partial charge is 0.329 e. The maximum atomic E-state index is 11.6. The Bertz CT molecular complexity index is 678.